The average Bonchev–Trinajstić information content (AvgIpc) is 2.62. The third kappa shape index (κ3) is 3.16. The molecule has 0 aliphatic carbocycles. The minimum Gasteiger partial charge on any atom is -0.396 e. The van der Waals surface area contributed by atoms with Crippen LogP contribution in [0.4, 0.5) is 24.5 Å². The first-order valence-electron chi connectivity index (χ1n) is 7.03. The van der Waals surface area contributed by atoms with Crippen LogP contribution in [0, 0.1) is 0 Å². The van der Waals surface area contributed by atoms with E-state index in [0.29, 0.717) is 11.4 Å². The van der Waals surface area contributed by atoms with E-state index in [-0.39, 0.29) is 6.04 Å². The summed E-state index contributed by atoms with van der Waals surface area (Å²) in [6, 6.07) is 1.34. The summed E-state index contributed by atoms with van der Waals surface area (Å²) in [4.78, 5) is 5.43. The van der Waals surface area contributed by atoms with Gasteiger partial charge in [0.25, 0.3) is 0 Å². The normalized spacial score (nSPS) is 20.8. The number of nitrogens with two attached hydrogens (primary N) is 1. The molecule has 0 radical (unpaired) electrons. The van der Waals surface area contributed by atoms with Crippen molar-refractivity contribution in [2.24, 2.45) is 0 Å². The minimum absolute atomic E-state index is 0.253. The Morgan fingerprint density at radius 3 is 2.75 bits per heavy atom. The fraction of sp³-hybridized carbons (Fsp3) is 0.643. The number of pyridine rings is 1. The van der Waals surface area contributed by atoms with E-state index in [1.807, 2.05) is 4.90 Å². The van der Waals surface area contributed by atoms with Crippen molar-refractivity contribution in [3.8, 4) is 0 Å². The van der Waals surface area contributed by atoms with E-state index in [1.54, 1.807) is 0 Å². The Bertz CT molecular complexity index is 459. The highest BCUT2D eigenvalue weighted by molar-refractivity contribution is 5.67. The van der Waals surface area contributed by atoms with Crippen molar-refractivity contribution < 1.29 is 13.2 Å². The van der Waals surface area contributed by atoms with E-state index in [4.69, 9.17) is 5.73 Å². The van der Waals surface area contributed by atoms with Gasteiger partial charge in [-0.15, -0.1) is 0 Å². The van der Waals surface area contributed by atoms with Crippen molar-refractivity contribution in [2.45, 2.75) is 51.2 Å². The first-order valence-corrected chi connectivity index (χ1v) is 7.03. The van der Waals surface area contributed by atoms with Crippen LogP contribution in [0.2, 0.25) is 0 Å². The van der Waals surface area contributed by atoms with Crippen molar-refractivity contribution in [1.29, 1.82) is 0 Å². The zero-order chi connectivity index (χ0) is 14.8. The lowest BCUT2D eigenvalue weighted by Crippen LogP contribution is -2.35. The van der Waals surface area contributed by atoms with Gasteiger partial charge in [0.05, 0.1) is 17.6 Å². The van der Waals surface area contributed by atoms with Crippen molar-refractivity contribution >= 4 is 11.4 Å². The maximum atomic E-state index is 12.8. The second-order valence-electron chi connectivity index (χ2n) is 5.23. The molecule has 0 aromatic carbocycles. The van der Waals surface area contributed by atoms with Gasteiger partial charge in [-0.05, 0) is 25.3 Å². The molecule has 1 aliphatic rings. The Morgan fingerprint density at radius 2 is 2.10 bits per heavy atom. The van der Waals surface area contributed by atoms with Gasteiger partial charge in [-0.3, -0.25) is 0 Å². The molecule has 0 spiro atoms. The number of rotatable bonds is 2. The first kappa shape index (κ1) is 14.9. The molecule has 2 heterocycles. The summed E-state index contributed by atoms with van der Waals surface area (Å²) in [5.41, 5.74) is 5.78. The predicted molar refractivity (Wildman–Crippen MR) is 73.5 cm³/mol. The fourth-order valence-corrected chi connectivity index (χ4v) is 2.78. The molecule has 1 aromatic rings. The predicted octanol–water partition coefficient (Wildman–Crippen LogP) is 3.84. The third-order valence-corrected chi connectivity index (χ3v) is 3.86. The SMILES string of the molecule is CCC1CCCCCN1c1cc(C(F)(F)F)ncc1N. The molecular weight excluding hydrogens is 267 g/mol. The molecule has 1 unspecified atom stereocenters. The molecule has 112 valence electrons. The monoisotopic (exact) mass is 287 g/mol. The largest absolute Gasteiger partial charge is 0.433 e. The van der Waals surface area contributed by atoms with Crippen LogP contribution >= 0.6 is 0 Å². The Labute approximate surface area is 117 Å². The maximum absolute atomic E-state index is 12.8. The lowest BCUT2D eigenvalue weighted by molar-refractivity contribution is -0.141. The first-order chi connectivity index (χ1) is 9.43. The van der Waals surface area contributed by atoms with E-state index < -0.39 is 11.9 Å². The van der Waals surface area contributed by atoms with Gasteiger partial charge in [-0.25, -0.2) is 4.98 Å². The van der Waals surface area contributed by atoms with Crippen LogP contribution in [-0.4, -0.2) is 17.6 Å². The number of aromatic nitrogens is 1. The topological polar surface area (TPSA) is 42.2 Å². The molecule has 1 aromatic heterocycles. The lowest BCUT2D eigenvalue weighted by atomic mass is 10.1. The van der Waals surface area contributed by atoms with Gasteiger partial charge in [0, 0.05) is 12.6 Å². The van der Waals surface area contributed by atoms with Gasteiger partial charge in [-0.2, -0.15) is 13.2 Å². The molecule has 0 bridgehead atoms. The highest BCUT2D eigenvalue weighted by Gasteiger charge is 2.34. The van der Waals surface area contributed by atoms with E-state index in [0.717, 1.165) is 50.9 Å². The van der Waals surface area contributed by atoms with Gasteiger partial charge in [0.2, 0.25) is 0 Å². The molecule has 1 saturated heterocycles. The Hall–Kier alpha value is -1.46. The molecule has 2 N–H and O–H groups in total. The zero-order valence-corrected chi connectivity index (χ0v) is 11.6. The van der Waals surface area contributed by atoms with E-state index in [1.165, 1.54) is 0 Å². The number of anilines is 2. The number of nitrogens with zero attached hydrogens (tertiary/aromatic N) is 2. The van der Waals surface area contributed by atoms with Crippen LogP contribution in [0.3, 0.4) is 0 Å². The number of halogens is 3. The summed E-state index contributed by atoms with van der Waals surface area (Å²) in [6.45, 7) is 2.81. The van der Waals surface area contributed by atoms with Crippen LogP contribution in [0.25, 0.3) is 0 Å². The zero-order valence-electron chi connectivity index (χ0n) is 11.6. The quantitative estimate of drug-likeness (QED) is 0.898. The summed E-state index contributed by atoms with van der Waals surface area (Å²) in [5.74, 6) is 0. The number of hydrogen-bond donors (Lipinski definition) is 1. The molecule has 20 heavy (non-hydrogen) atoms. The molecule has 1 fully saturated rings. The van der Waals surface area contributed by atoms with Gasteiger partial charge in [0.1, 0.15) is 5.69 Å². The lowest BCUT2D eigenvalue weighted by Gasteiger charge is -2.32. The highest BCUT2D eigenvalue weighted by Crippen LogP contribution is 2.35. The molecule has 6 heteroatoms. The molecule has 0 amide bonds. The molecule has 1 atom stereocenters. The second-order valence-corrected chi connectivity index (χ2v) is 5.23. The van der Waals surface area contributed by atoms with Crippen molar-refractivity contribution in [3.05, 3.63) is 18.0 Å². The summed E-state index contributed by atoms with van der Waals surface area (Å²) in [6.07, 6.45) is 1.81. The van der Waals surface area contributed by atoms with Crippen LogP contribution in [-0.2, 0) is 6.18 Å². The fourth-order valence-electron chi connectivity index (χ4n) is 2.78. The van der Waals surface area contributed by atoms with Gasteiger partial charge < -0.3 is 10.6 Å². The smallest absolute Gasteiger partial charge is 0.396 e. The van der Waals surface area contributed by atoms with Crippen molar-refractivity contribution in [1.82, 2.24) is 4.98 Å². The summed E-state index contributed by atoms with van der Waals surface area (Å²) >= 11 is 0. The van der Waals surface area contributed by atoms with E-state index in [9.17, 15) is 13.2 Å². The second kappa shape index (κ2) is 5.89. The van der Waals surface area contributed by atoms with Gasteiger partial charge in [0.15, 0.2) is 0 Å². The van der Waals surface area contributed by atoms with Crippen LogP contribution < -0.4 is 10.6 Å². The summed E-state index contributed by atoms with van der Waals surface area (Å²) < 4.78 is 38.4. The van der Waals surface area contributed by atoms with E-state index >= 15 is 0 Å². The number of hydrogen-bond acceptors (Lipinski definition) is 3. The Balaban J connectivity index is 2.38. The Kier molecular flexibility index (Phi) is 4.40. The van der Waals surface area contributed by atoms with Crippen LogP contribution in [0.15, 0.2) is 12.3 Å². The van der Waals surface area contributed by atoms with Crippen LogP contribution in [0.5, 0.6) is 0 Å². The van der Waals surface area contributed by atoms with Crippen molar-refractivity contribution in [2.75, 3.05) is 17.2 Å². The van der Waals surface area contributed by atoms with Crippen molar-refractivity contribution in [3.63, 3.8) is 0 Å². The number of alkyl halides is 3. The average molecular weight is 287 g/mol. The number of nitrogen functional groups attached to an aromatic ring is 1. The highest BCUT2D eigenvalue weighted by atomic mass is 19.4. The maximum Gasteiger partial charge on any atom is 0.433 e. The molecular formula is C14H20F3N3. The summed E-state index contributed by atoms with van der Waals surface area (Å²) in [5, 5.41) is 0. The van der Waals surface area contributed by atoms with E-state index in [2.05, 4.69) is 11.9 Å². The molecule has 3 nitrogen and oxygen atoms in total. The van der Waals surface area contributed by atoms with Crippen LogP contribution in [0.1, 0.15) is 44.7 Å². The van der Waals surface area contributed by atoms with Gasteiger partial charge >= 0.3 is 6.18 Å². The molecule has 0 saturated carbocycles. The summed E-state index contributed by atoms with van der Waals surface area (Å²) in [7, 11) is 0. The standard InChI is InChI=1S/C14H20F3N3/c1-2-10-6-4-3-5-7-20(10)12-8-13(14(15,16)17)19-9-11(12)18/h8-10H,2-7,18H2,1H3. The minimum atomic E-state index is -4.43. The molecule has 2 rings (SSSR count). The third-order valence-electron chi connectivity index (χ3n) is 3.86. The van der Waals surface area contributed by atoms with Gasteiger partial charge in [-0.1, -0.05) is 19.8 Å². The molecule has 1 aliphatic heterocycles. The Morgan fingerprint density at radius 1 is 1.35 bits per heavy atom.